The number of benzene rings is 1. The maximum Gasteiger partial charge on any atom is 0.242 e. The molecule has 148 valence electrons. The zero-order valence-electron chi connectivity index (χ0n) is 15.9. The number of amides is 1. The highest BCUT2D eigenvalue weighted by Gasteiger charge is 2.30. The molecule has 29 heavy (non-hydrogen) atoms. The Labute approximate surface area is 170 Å². The first-order chi connectivity index (χ1) is 14.0. The van der Waals surface area contributed by atoms with Gasteiger partial charge in [0.05, 0.1) is 12.2 Å². The molecule has 0 aliphatic carbocycles. The smallest absolute Gasteiger partial charge is 0.242 e. The number of hydrogen-bond acceptors (Lipinski definition) is 5. The van der Waals surface area contributed by atoms with E-state index in [2.05, 4.69) is 15.3 Å². The van der Waals surface area contributed by atoms with Crippen molar-refractivity contribution < 1.29 is 9.52 Å². The second-order valence-corrected chi connectivity index (χ2v) is 7.69. The summed E-state index contributed by atoms with van der Waals surface area (Å²) in [5.41, 5.74) is 3.01. The third kappa shape index (κ3) is 2.65. The van der Waals surface area contributed by atoms with Gasteiger partial charge in [-0.05, 0) is 25.0 Å². The van der Waals surface area contributed by atoms with Gasteiger partial charge in [-0.1, -0.05) is 16.8 Å². The van der Waals surface area contributed by atoms with Gasteiger partial charge in [0.1, 0.15) is 17.5 Å². The quantitative estimate of drug-likeness (QED) is 0.372. The van der Waals surface area contributed by atoms with E-state index >= 15 is 0 Å². The number of nitrogens with zero attached hydrogens (tertiary/aromatic N) is 7. The summed E-state index contributed by atoms with van der Waals surface area (Å²) in [6.07, 6.45) is 5.24. The summed E-state index contributed by atoms with van der Waals surface area (Å²) in [5, 5.41) is 21.8. The fourth-order valence-electron chi connectivity index (χ4n) is 4.15. The lowest BCUT2D eigenvalue weighted by atomic mass is 10.1. The van der Waals surface area contributed by atoms with Gasteiger partial charge in [-0.3, -0.25) is 9.20 Å². The summed E-state index contributed by atoms with van der Waals surface area (Å²) in [5.74, 6) is 0.540. The Hall–Kier alpha value is -3.20. The minimum atomic E-state index is -0.0800. The minimum Gasteiger partial charge on any atom is -0.618 e. The molecular formula is C19H18ClN7O2. The minimum absolute atomic E-state index is 0.0304. The number of imidazole rings is 1. The maximum absolute atomic E-state index is 12.8. The van der Waals surface area contributed by atoms with E-state index < -0.39 is 0 Å². The zero-order valence-corrected chi connectivity index (χ0v) is 16.7. The average molecular weight is 412 g/mol. The molecule has 1 saturated heterocycles. The SMILES string of the molecule is CC(=O)N1CCCC1c1cn(-c2ncn3c2c(C)[n+]([O-])c2cc(Cl)ccc23)nn1. The number of aryl methyl sites for hydroxylation is 1. The first kappa shape index (κ1) is 17.9. The highest BCUT2D eigenvalue weighted by atomic mass is 35.5. The molecule has 3 aromatic heterocycles. The third-order valence-electron chi connectivity index (χ3n) is 5.54. The number of hydrogen-bond donors (Lipinski definition) is 0. The van der Waals surface area contributed by atoms with Crippen LogP contribution in [0.4, 0.5) is 0 Å². The molecule has 0 bridgehead atoms. The Morgan fingerprint density at radius 2 is 2.21 bits per heavy atom. The lowest BCUT2D eigenvalue weighted by Crippen LogP contribution is -2.32. The number of aromatic nitrogens is 6. The van der Waals surface area contributed by atoms with E-state index in [4.69, 9.17) is 11.6 Å². The summed E-state index contributed by atoms with van der Waals surface area (Å²) in [6, 6.07) is 5.09. The van der Waals surface area contributed by atoms with Gasteiger partial charge in [-0.15, -0.1) is 5.10 Å². The van der Waals surface area contributed by atoms with Crippen molar-refractivity contribution >= 4 is 34.1 Å². The predicted octanol–water partition coefficient (Wildman–Crippen LogP) is 2.35. The number of fused-ring (bicyclic) bond motifs is 3. The Balaban J connectivity index is 1.65. The first-order valence-electron chi connectivity index (χ1n) is 9.34. The highest BCUT2D eigenvalue weighted by Crippen LogP contribution is 2.31. The van der Waals surface area contributed by atoms with Crippen LogP contribution in [0, 0.1) is 12.1 Å². The van der Waals surface area contributed by atoms with Crippen molar-refractivity contribution in [2.24, 2.45) is 0 Å². The van der Waals surface area contributed by atoms with Gasteiger partial charge in [0.25, 0.3) is 0 Å². The lowest BCUT2D eigenvalue weighted by Gasteiger charge is -2.20. The molecule has 0 N–H and O–H groups in total. The molecule has 5 rings (SSSR count). The van der Waals surface area contributed by atoms with Gasteiger partial charge in [0.15, 0.2) is 11.3 Å². The maximum atomic E-state index is 12.8. The number of carbonyl (C=O) groups excluding carboxylic acids is 1. The third-order valence-corrected chi connectivity index (χ3v) is 5.77. The van der Waals surface area contributed by atoms with E-state index in [0.29, 0.717) is 33.1 Å². The molecule has 1 aliphatic rings. The molecule has 10 heteroatoms. The second-order valence-electron chi connectivity index (χ2n) is 7.26. The van der Waals surface area contributed by atoms with Crippen LogP contribution in [0.15, 0.2) is 30.7 Å². The molecule has 1 aromatic carbocycles. The zero-order chi connectivity index (χ0) is 20.3. The van der Waals surface area contributed by atoms with Gasteiger partial charge in [0.2, 0.25) is 17.1 Å². The molecule has 1 aliphatic heterocycles. The molecule has 1 atom stereocenters. The summed E-state index contributed by atoms with van der Waals surface area (Å²) < 4.78 is 4.27. The van der Waals surface area contributed by atoms with Crippen molar-refractivity contribution in [3.8, 4) is 5.82 Å². The van der Waals surface area contributed by atoms with Crippen LogP contribution in [0.25, 0.3) is 22.4 Å². The second kappa shape index (κ2) is 6.41. The van der Waals surface area contributed by atoms with Gasteiger partial charge >= 0.3 is 0 Å². The van der Waals surface area contributed by atoms with Crippen molar-refractivity contribution in [2.45, 2.75) is 32.7 Å². The van der Waals surface area contributed by atoms with Crippen LogP contribution < -0.4 is 4.73 Å². The molecule has 0 radical (unpaired) electrons. The normalized spacial score (nSPS) is 16.9. The number of rotatable bonds is 2. The van der Waals surface area contributed by atoms with Crippen molar-refractivity contribution in [2.75, 3.05) is 6.54 Å². The molecule has 1 fully saturated rings. The standard InChI is InChI=1S/C19H18ClN7O2/c1-11-18-19(21-10-25(18)16-6-5-13(20)8-17(16)27(11)29)26-9-14(22-23-26)15-4-3-7-24(15)12(2)28/h5-6,8-10,15H,3-4,7H2,1-2H3. The van der Waals surface area contributed by atoms with Crippen molar-refractivity contribution in [3.63, 3.8) is 0 Å². The Kier molecular flexibility index (Phi) is 3.95. The highest BCUT2D eigenvalue weighted by molar-refractivity contribution is 6.31. The van der Waals surface area contributed by atoms with Crippen LogP contribution in [-0.4, -0.2) is 41.7 Å². The van der Waals surface area contributed by atoms with E-state index in [9.17, 15) is 10.0 Å². The Bertz CT molecular complexity index is 1280. The van der Waals surface area contributed by atoms with Gasteiger partial charge in [-0.2, -0.15) is 9.41 Å². The van der Waals surface area contributed by atoms with Crippen LogP contribution in [0.2, 0.25) is 5.02 Å². The molecular weight excluding hydrogens is 394 g/mol. The van der Waals surface area contributed by atoms with E-state index in [-0.39, 0.29) is 11.9 Å². The topological polar surface area (TPSA) is 95.3 Å². The first-order valence-corrected chi connectivity index (χ1v) is 9.72. The number of carbonyl (C=O) groups is 1. The molecule has 4 heterocycles. The summed E-state index contributed by atoms with van der Waals surface area (Å²) in [6.45, 7) is 4.03. The summed E-state index contributed by atoms with van der Waals surface area (Å²) in [7, 11) is 0. The van der Waals surface area contributed by atoms with Gasteiger partial charge < -0.3 is 10.1 Å². The van der Waals surface area contributed by atoms with Crippen LogP contribution in [0.5, 0.6) is 0 Å². The van der Waals surface area contributed by atoms with Crippen molar-refractivity contribution in [1.29, 1.82) is 0 Å². The predicted molar refractivity (Wildman–Crippen MR) is 106 cm³/mol. The number of likely N-dealkylation sites (tertiary alicyclic amines) is 1. The molecule has 4 aromatic rings. The summed E-state index contributed by atoms with van der Waals surface area (Å²) >= 11 is 6.07. The number of halogens is 1. The fraction of sp³-hybridized carbons (Fsp3) is 0.316. The van der Waals surface area contributed by atoms with Crippen LogP contribution >= 0.6 is 11.6 Å². The molecule has 1 amide bonds. The van der Waals surface area contributed by atoms with Crippen LogP contribution in [-0.2, 0) is 4.79 Å². The monoisotopic (exact) mass is 411 g/mol. The van der Waals surface area contributed by atoms with Gasteiger partial charge in [-0.25, -0.2) is 4.98 Å². The summed E-state index contributed by atoms with van der Waals surface area (Å²) in [4.78, 5) is 18.2. The van der Waals surface area contributed by atoms with E-state index in [1.165, 1.54) is 0 Å². The Morgan fingerprint density at radius 3 is 3.00 bits per heavy atom. The Morgan fingerprint density at radius 1 is 1.38 bits per heavy atom. The van der Waals surface area contributed by atoms with Crippen molar-refractivity contribution in [3.05, 3.63) is 52.3 Å². The van der Waals surface area contributed by atoms with Crippen LogP contribution in [0.1, 0.15) is 37.2 Å². The lowest BCUT2D eigenvalue weighted by molar-refractivity contribution is -0.583. The fourth-order valence-corrected chi connectivity index (χ4v) is 4.32. The van der Waals surface area contributed by atoms with E-state index in [1.54, 1.807) is 49.3 Å². The van der Waals surface area contributed by atoms with E-state index in [0.717, 1.165) is 29.8 Å². The molecule has 0 saturated carbocycles. The molecule has 1 unspecified atom stereocenters. The van der Waals surface area contributed by atoms with Crippen molar-refractivity contribution in [1.82, 2.24) is 29.3 Å². The van der Waals surface area contributed by atoms with E-state index in [1.807, 2.05) is 9.30 Å². The van der Waals surface area contributed by atoms with Crippen LogP contribution in [0.3, 0.4) is 0 Å². The average Bonchev–Trinajstić information content (AvgIpc) is 3.43. The van der Waals surface area contributed by atoms with Gasteiger partial charge in [0, 0.05) is 31.5 Å². The molecule has 0 spiro atoms. The molecule has 9 nitrogen and oxygen atoms in total. The largest absolute Gasteiger partial charge is 0.618 e.